The van der Waals surface area contributed by atoms with Gasteiger partial charge < -0.3 is 20.7 Å². The summed E-state index contributed by atoms with van der Waals surface area (Å²) in [4.78, 5) is 19.9. The molecule has 0 aromatic carbocycles. The van der Waals surface area contributed by atoms with E-state index in [0.717, 1.165) is 0 Å². The number of nitrogen functional groups attached to an aromatic ring is 1. The molecule has 0 spiro atoms. The predicted octanol–water partition coefficient (Wildman–Crippen LogP) is 1.30. The first-order valence-corrected chi connectivity index (χ1v) is 8.74. The Kier molecular flexibility index (Phi) is 5.88. The number of aliphatic hydroxyl groups is 2. The number of hydrogen-bond donors (Lipinski definition) is 3. The largest absolute Gasteiger partial charge is 0.417 e. The maximum absolute atomic E-state index is 14.3. The molecule has 1 fully saturated rings. The van der Waals surface area contributed by atoms with Crippen LogP contribution in [0.3, 0.4) is 0 Å². The minimum Gasteiger partial charge on any atom is -0.385 e. The van der Waals surface area contributed by atoms with E-state index in [0.29, 0.717) is 9.13 Å². The number of alkyl halides is 7. The highest BCUT2D eigenvalue weighted by atomic mass is 35.5. The molecule has 31 heavy (non-hydrogen) atoms. The lowest BCUT2D eigenvalue weighted by Crippen LogP contribution is -2.44. The number of fused-ring (bicyclic) bond motifs is 1. The number of aryl methyl sites for hydroxylation is 1. The Hall–Kier alpha value is -2.17. The van der Waals surface area contributed by atoms with E-state index in [-0.39, 0.29) is 0 Å². The van der Waals surface area contributed by atoms with Crippen molar-refractivity contribution >= 4 is 28.7 Å². The molecule has 4 N–H and O–H groups in total. The van der Waals surface area contributed by atoms with Gasteiger partial charge in [0, 0.05) is 6.54 Å². The number of halogens is 8. The van der Waals surface area contributed by atoms with Gasteiger partial charge in [-0.2, -0.15) is 36.3 Å². The quantitative estimate of drug-likeness (QED) is 0.442. The molecule has 174 valence electrons. The standard InChI is InChI=1S/C14H13ClF7N5O4/c15-8-4-9(25-11(23)24-8)27(12(30)26(4)2-1-13(17,18)19)10-5(28)3(16)6(31-10)7(29)14(20,21)22/h3,5-7,10,28-29H,1-2H2,(H2,23,24,25)/t3-,5-,6+,7-,10-/m1/s1. The summed E-state index contributed by atoms with van der Waals surface area (Å²) in [6, 6.07) is 0. The Morgan fingerprint density at radius 2 is 1.84 bits per heavy atom. The summed E-state index contributed by atoms with van der Waals surface area (Å²) in [5, 5.41) is 18.8. The van der Waals surface area contributed by atoms with E-state index in [1.807, 2.05) is 0 Å². The van der Waals surface area contributed by atoms with Crippen LogP contribution in [0.1, 0.15) is 12.6 Å². The van der Waals surface area contributed by atoms with Crippen molar-refractivity contribution in [1.82, 2.24) is 19.1 Å². The SMILES string of the molecule is Nc1nc(Cl)c2c(n1)n([C@@H]1O[C@H]([C@@H](O)C(F)(F)F)[C@H](F)[C@H]1O)c(=O)n2CCC(F)(F)F. The van der Waals surface area contributed by atoms with Crippen LogP contribution in [0.15, 0.2) is 4.79 Å². The first kappa shape index (κ1) is 23.5. The molecule has 3 heterocycles. The number of aromatic nitrogens is 4. The maximum atomic E-state index is 14.3. The highest BCUT2D eigenvalue weighted by molar-refractivity contribution is 6.33. The van der Waals surface area contributed by atoms with Crippen LogP contribution in [0.5, 0.6) is 0 Å². The van der Waals surface area contributed by atoms with Gasteiger partial charge in [-0.05, 0) is 0 Å². The number of rotatable bonds is 4. The van der Waals surface area contributed by atoms with E-state index in [1.54, 1.807) is 0 Å². The molecule has 0 radical (unpaired) electrons. The van der Waals surface area contributed by atoms with Crippen molar-refractivity contribution in [3.05, 3.63) is 15.6 Å². The predicted molar refractivity (Wildman–Crippen MR) is 88.8 cm³/mol. The van der Waals surface area contributed by atoms with E-state index < -0.39 is 84.0 Å². The third-order valence-electron chi connectivity index (χ3n) is 4.52. The zero-order chi connectivity index (χ0) is 23.5. The lowest BCUT2D eigenvalue weighted by atomic mass is 10.1. The second kappa shape index (κ2) is 7.75. The molecule has 0 amide bonds. The van der Waals surface area contributed by atoms with Crippen LogP contribution < -0.4 is 11.4 Å². The lowest BCUT2D eigenvalue weighted by Gasteiger charge is -2.22. The summed E-state index contributed by atoms with van der Waals surface area (Å²) in [5.41, 5.74) is 2.95. The smallest absolute Gasteiger partial charge is 0.385 e. The van der Waals surface area contributed by atoms with Crippen LogP contribution in [-0.4, -0.2) is 66.2 Å². The molecule has 0 unspecified atom stereocenters. The monoisotopic (exact) mass is 483 g/mol. The Balaban J connectivity index is 2.14. The molecule has 0 aliphatic carbocycles. The summed E-state index contributed by atoms with van der Waals surface area (Å²) in [6.45, 7) is -1.00. The van der Waals surface area contributed by atoms with Crippen molar-refractivity contribution in [2.75, 3.05) is 5.73 Å². The minimum atomic E-state index is -5.33. The molecule has 1 saturated heterocycles. The van der Waals surface area contributed by atoms with Crippen LogP contribution in [0.25, 0.3) is 11.2 Å². The Morgan fingerprint density at radius 1 is 1.23 bits per heavy atom. The van der Waals surface area contributed by atoms with Crippen molar-refractivity contribution in [3.8, 4) is 0 Å². The summed E-state index contributed by atoms with van der Waals surface area (Å²) in [7, 11) is 0. The normalized spacial score (nSPS) is 26.0. The summed E-state index contributed by atoms with van der Waals surface area (Å²) < 4.78 is 96.1. The average molecular weight is 484 g/mol. The molecule has 1 aliphatic rings. The van der Waals surface area contributed by atoms with Gasteiger partial charge in [-0.15, -0.1) is 0 Å². The second-order valence-electron chi connectivity index (χ2n) is 6.63. The molecule has 17 heteroatoms. The molecule has 0 saturated carbocycles. The third-order valence-corrected chi connectivity index (χ3v) is 4.79. The molecule has 2 aromatic rings. The van der Waals surface area contributed by atoms with Gasteiger partial charge in [0.25, 0.3) is 0 Å². The van der Waals surface area contributed by atoms with Crippen molar-refractivity contribution in [1.29, 1.82) is 0 Å². The lowest BCUT2D eigenvalue weighted by molar-refractivity contribution is -0.241. The fraction of sp³-hybridized carbons (Fsp3) is 0.643. The highest BCUT2D eigenvalue weighted by Crippen LogP contribution is 2.38. The van der Waals surface area contributed by atoms with Gasteiger partial charge in [0.15, 0.2) is 29.3 Å². The van der Waals surface area contributed by atoms with E-state index in [2.05, 4.69) is 9.97 Å². The average Bonchev–Trinajstić information content (AvgIpc) is 3.05. The van der Waals surface area contributed by atoms with E-state index in [4.69, 9.17) is 22.1 Å². The van der Waals surface area contributed by atoms with Crippen molar-refractivity contribution in [2.45, 2.75) is 56.0 Å². The van der Waals surface area contributed by atoms with E-state index in [1.165, 1.54) is 0 Å². The fourth-order valence-electron chi connectivity index (χ4n) is 3.14. The number of hydrogen-bond acceptors (Lipinski definition) is 7. The van der Waals surface area contributed by atoms with Gasteiger partial charge in [0.1, 0.15) is 17.7 Å². The molecule has 2 aromatic heterocycles. The van der Waals surface area contributed by atoms with Crippen molar-refractivity contribution in [2.24, 2.45) is 0 Å². The zero-order valence-corrected chi connectivity index (χ0v) is 15.7. The second-order valence-corrected chi connectivity index (χ2v) is 6.98. The van der Waals surface area contributed by atoms with Crippen molar-refractivity contribution < 1.29 is 45.7 Å². The van der Waals surface area contributed by atoms with Gasteiger partial charge in [0.2, 0.25) is 5.95 Å². The minimum absolute atomic E-state index is 0.315. The molecular formula is C14H13ClF7N5O4. The first-order chi connectivity index (χ1) is 14.1. The maximum Gasteiger partial charge on any atom is 0.417 e. The number of nitrogens with zero attached hydrogens (tertiary/aromatic N) is 4. The van der Waals surface area contributed by atoms with Crippen LogP contribution in [0.4, 0.5) is 36.7 Å². The van der Waals surface area contributed by atoms with Crippen LogP contribution in [0.2, 0.25) is 5.15 Å². The third kappa shape index (κ3) is 4.28. The number of aliphatic hydroxyl groups excluding tert-OH is 2. The summed E-state index contributed by atoms with van der Waals surface area (Å²) >= 11 is 5.86. The first-order valence-electron chi connectivity index (χ1n) is 8.36. The van der Waals surface area contributed by atoms with Gasteiger partial charge in [0.05, 0.1) is 6.42 Å². The molecule has 1 aliphatic heterocycles. The molecule has 5 atom stereocenters. The van der Waals surface area contributed by atoms with E-state index >= 15 is 0 Å². The van der Waals surface area contributed by atoms with Gasteiger partial charge in [-0.3, -0.25) is 4.57 Å². The highest BCUT2D eigenvalue weighted by Gasteiger charge is 2.56. The van der Waals surface area contributed by atoms with Gasteiger partial charge >= 0.3 is 18.0 Å². The Labute approximate surface area is 171 Å². The van der Waals surface area contributed by atoms with Gasteiger partial charge in [-0.25, -0.2) is 13.8 Å². The molecular weight excluding hydrogens is 471 g/mol. The number of nitrogens with two attached hydrogens (primary N) is 1. The Bertz CT molecular complexity index is 1040. The van der Waals surface area contributed by atoms with Gasteiger partial charge in [-0.1, -0.05) is 11.6 Å². The fourth-order valence-corrected chi connectivity index (χ4v) is 3.41. The van der Waals surface area contributed by atoms with Crippen LogP contribution >= 0.6 is 11.6 Å². The number of ether oxygens (including phenoxy) is 1. The zero-order valence-electron chi connectivity index (χ0n) is 14.9. The number of imidazole rings is 1. The van der Waals surface area contributed by atoms with Crippen LogP contribution in [0, 0.1) is 0 Å². The topological polar surface area (TPSA) is 128 Å². The molecule has 9 nitrogen and oxygen atoms in total. The van der Waals surface area contributed by atoms with E-state index in [9.17, 15) is 45.7 Å². The van der Waals surface area contributed by atoms with Crippen molar-refractivity contribution in [3.63, 3.8) is 0 Å². The summed E-state index contributed by atoms with van der Waals surface area (Å²) in [5.74, 6) is -0.574. The number of anilines is 1. The molecule has 0 bridgehead atoms. The molecule has 3 rings (SSSR count). The Morgan fingerprint density at radius 3 is 2.39 bits per heavy atom. The van der Waals surface area contributed by atoms with Crippen LogP contribution in [-0.2, 0) is 11.3 Å². The summed E-state index contributed by atoms with van der Waals surface area (Å²) in [6.07, 6.45) is -25.0.